The number of nitrogens with one attached hydrogen (secondary N) is 1. The molecule has 0 saturated carbocycles. The third-order valence-corrected chi connectivity index (χ3v) is 2.67. The minimum atomic E-state index is 0.592. The molecule has 1 aromatic heterocycles. The number of hydrogen-bond acceptors (Lipinski definition) is 3. The van der Waals surface area contributed by atoms with Crippen LogP contribution in [0.15, 0.2) is 30.9 Å². The number of hydrogen-bond donors (Lipinski definition) is 1. The number of allylic oxidation sites excluding steroid dienone is 1. The zero-order valence-electron chi connectivity index (χ0n) is 12.2. The van der Waals surface area contributed by atoms with Gasteiger partial charge < -0.3 is 10.1 Å². The highest BCUT2D eigenvalue weighted by atomic mass is 16.5. The molecule has 0 aliphatic carbocycles. The van der Waals surface area contributed by atoms with E-state index in [2.05, 4.69) is 36.8 Å². The van der Waals surface area contributed by atoms with Crippen LogP contribution in [0.3, 0.4) is 0 Å². The molecule has 0 radical (unpaired) electrons. The van der Waals surface area contributed by atoms with Crippen LogP contribution < -0.4 is 5.32 Å². The SMILES string of the molecule is C=CCCCOCc1cccc(CNCC(C)C)n1. The highest BCUT2D eigenvalue weighted by Crippen LogP contribution is 2.02. The summed E-state index contributed by atoms with van der Waals surface area (Å²) in [4.78, 5) is 4.58. The number of ether oxygens (including phenoxy) is 1. The summed E-state index contributed by atoms with van der Waals surface area (Å²) in [5, 5.41) is 3.40. The zero-order chi connectivity index (χ0) is 13.9. The van der Waals surface area contributed by atoms with Crippen LogP contribution in [0.4, 0.5) is 0 Å². The molecule has 0 saturated heterocycles. The molecule has 3 heteroatoms. The maximum atomic E-state index is 5.59. The van der Waals surface area contributed by atoms with E-state index in [1.54, 1.807) is 0 Å². The van der Waals surface area contributed by atoms with Crippen molar-refractivity contribution in [3.8, 4) is 0 Å². The molecular formula is C16H26N2O. The van der Waals surface area contributed by atoms with Gasteiger partial charge >= 0.3 is 0 Å². The molecule has 0 aliphatic rings. The second-order valence-electron chi connectivity index (χ2n) is 5.13. The van der Waals surface area contributed by atoms with Crippen LogP contribution in [0, 0.1) is 5.92 Å². The lowest BCUT2D eigenvalue weighted by Crippen LogP contribution is -2.19. The number of nitrogens with zero attached hydrogens (tertiary/aromatic N) is 1. The summed E-state index contributed by atoms with van der Waals surface area (Å²) in [5.74, 6) is 0.663. The Labute approximate surface area is 117 Å². The Morgan fingerprint density at radius 3 is 2.89 bits per heavy atom. The number of unbranched alkanes of at least 4 members (excludes halogenated alkanes) is 1. The van der Waals surface area contributed by atoms with Gasteiger partial charge in [-0.25, -0.2) is 0 Å². The molecule has 106 valence electrons. The largest absolute Gasteiger partial charge is 0.375 e. The van der Waals surface area contributed by atoms with Gasteiger partial charge in [0, 0.05) is 13.2 Å². The third kappa shape index (κ3) is 7.75. The number of rotatable bonds is 10. The van der Waals surface area contributed by atoms with Gasteiger partial charge in [0.2, 0.25) is 0 Å². The Bertz CT molecular complexity index is 364. The van der Waals surface area contributed by atoms with Crippen molar-refractivity contribution < 1.29 is 4.74 Å². The van der Waals surface area contributed by atoms with Crippen LogP contribution >= 0.6 is 0 Å². The normalized spacial score (nSPS) is 10.9. The van der Waals surface area contributed by atoms with Gasteiger partial charge in [-0.05, 0) is 37.4 Å². The minimum absolute atomic E-state index is 0.592. The Morgan fingerprint density at radius 1 is 1.37 bits per heavy atom. The fraction of sp³-hybridized carbons (Fsp3) is 0.562. The lowest BCUT2D eigenvalue weighted by Gasteiger charge is -2.08. The second-order valence-corrected chi connectivity index (χ2v) is 5.13. The number of pyridine rings is 1. The molecule has 0 aromatic carbocycles. The summed E-state index contributed by atoms with van der Waals surface area (Å²) in [6.45, 7) is 11.3. The highest BCUT2D eigenvalue weighted by molar-refractivity contribution is 5.10. The predicted molar refractivity (Wildman–Crippen MR) is 79.9 cm³/mol. The summed E-state index contributed by atoms with van der Waals surface area (Å²) < 4.78 is 5.59. The first-order valence-electron chi connectivity index (χ1n) is 7.06. The Kier molecular flexibility index (Phi) is 8.10. The Hall–Kier alpha value is -1.19. The fourth-order valence-corrected chi connectivity index (χ4v) is 1.70. The molecule has 0 fully saturated rings. The van der Waals surface area contributed by atoms with E-state index in [-0.39, 0.29) is 0 Å². The van der Waals surface area contributed by atoms with Crippen LogP contribution in [0.25, 0.3) is 0 Å². The van der Waals surface area contributed by atoms with Gasteiger partial charge in [0.1, 0.15) is 0 Å². The molecule has 1 heterocycles. The maximum Gasteiger partial charge on any atom is 0.0887 e. The molecule has 1 rings (SSSR count). The average molecular weight is 262 g/mol. The summed E-state index contributed by atoms with van der Waals surface area (Å²) >= 11 is 0. The summed E-state index contributed by atoms with van der Waals surface area (Å²) in [6.07, 6.45) is 3.95. The van der Waals surface area contributed by atoms with Crippen molar-refractivity contribution in [3.63, 3.8) is 0 Å². The van der Waals surface area contributed by atoms with Crippen molar-refractivity contribution in [1.82, 2.24) is 10.3 Å². The molecular weight excluding hydrogens is 236 g/mol. The molecule has 0 amide bonds. The van der Waals surface area contributed by atoms with E-state index in [1.165, 1.54) is 0 Å². The first-order chi connectivity index (χ1) is 9.22. The molecule has 1 aromatic rings. The van der Waals surface area contributed by atoms with Crippen molar-refractivity contribution in [3.05, 3.63) is 42.2 Å². The van der Waals surface area contributed by atoms with Gasteiger partial charge in [-0.1, -0.05) is 26.0 Å². The van der Waals surface area contributed by atoms with Gasteiger partial charge in [0.15, 0.2) is 0 Å². The van der Waals surface area contributed by atoms with Gasteiger partial charge in [-0.2, -0.15) is 0 Å². The van der Waals surface area contributed by atoms with E-state index in [4.69, 9.17) is 4.74 Å². The molecule has 0 unspecified atom stereocenters. The molecule has 1 N–H and O–H groups in total. The Balaban J connectivity index is 2.28. The zero-order valence-corrected chi connectivity index (χ0v) is 12.2. The minimum Gasteiger partial charge on any atom is -0.375 e. The quantitative estimate of drug-likeness (QED) is 0.519. The first-order valence-corrected chi connectivity index (χ1v) is 7.06. The van der Waals surface area contributed by atoms with Gasteiger partial charge in [0.25, 0.3) is 0 Å². The van der Waals surface area contributed by atoms with E-state index in [0.29, 0.717) is 12.5 Å². The van der Waals surface area contributed by atoms with E-state index in [9.17, 15) is 0 Å². The van der Waals surface area contributed by atoms with Gasteiger partial charge in [0.05, 0.1) is 18.0 Å². The Morgan fingerprint density at radius 2 is 2.16 bits per heavy atom. The summed E-state index contributed by atoms with van der Waals surface area (Å²) in [6, 6.07) is 6.11. The van der Waals surface area contributed by atoms with Gasteiger partial charge in [-0.3, -0.25) is 4.98 Å². The van der Waals surface area contributed by atoms with Crippen LogP contribution in [0.2, 0.25) is 0 Å². The van der Waals surface area contributed by atoms with Crippen LogP contribution in [0.1, 0.15) is 38.1 Å². The van der Waals surface area contributed by atoms with Gasteiger partial charge in [-0.15, -0.1) is 6.58 Å². The lowest BCUT2D eigenvalue weighted by molar-refractivity contribution is 0.116. The van der Waals surface area contributed by atoms with Crippen molar-refractivity contribution in [2.24, 2.45) is 5.92 Å². The highest BCUT2D eigenvalue weighted by Gasteiger charge is 1.99. The molecule has 0 atom stereocenters. The first kappa shape index (κ1) is 15.9. The van der Waals surface area contributed by atoms with Crippen molar-refractivity contribution >= 4 is 0 Å². The monoisotopic (exact) mass is 262 g/mol. The van der Waals surface area contributed by atoms with Crippen molar-refractivity contribution in [1.29, 1.82) is 0 Å². The number of aromatic nitrogens is 1. The standard InChI is InChI=1S/C16H26N2O/c1-4-5-6-10-19-13-16-9-7-8-15(18-16)12-17-11-14(2)3/h4,7-9,14,17H,1,5-6,10-13H2,2-3H3. The second kappa shape index (κ2) is 9.70. The molecule has 0 aliphatic heterocycles. The fourth-order valence-electron chi connectivity index (χ4n) is 1.70. The topological polar surface area (TPSA) is 34.1 Å². The average Bonchev–Trinajstić information content (AvgIpc) is 2.39. The lowest BCUT2D eigenvalue weighted by atomic mass is 10.2. The van der Waals surface area contributed by atoms with Crippen LogP contribution in [0.5, 0.6) is 0 Å². The summed E-state index contributed by atoms with van der Waals surface area (Å²) in [7, 11) is 0. The van der Waals surface area contributed by atoms with Crippen LogP contribution in [-0.4, -0.2) is 18.1 Å². The van der Waals surface area contributed by atoms with Crippen molar-refractivity contribution in [2.45, 2.75) is 39.8 Å². The third-order valence-electron chi connectivity index (χ3n) is 2.67. The van der Waals surface area contributed by atoms with E-state index >= 15 is 0 Å². The summed E-state index contributed by atoms with van der Waals surface area (Å²) in [5.41, 5.74) is 2.08. The van der Waals surface area contributed by atoms with E-state index in [0.717, 1.165) is 43.9 Å². The van der Waals surface area contributed by atoms with E-state index in [1.807, 2.05) is 18.2 Å². The molecule has 0 spiro atoms. The molecule has 3 nitrogen and oxygen atoms in total. The molecule has 19 heavy (non-hydrogen) atoms. The van der Waals surface area contributed by atoms with E-state index < -0.39 is 0 Å². The smallest absolute Gasteiger partial charge is 0.0887 e. The van der Waals surface area contributed by atoms with Crippen molar-refractivity contribution in [2.75, 3.05) is 13.2 Å². The maximum absolute atomic E-state index is 5.59. The predicted octanol–water partition coefficient (Wildman–Crippen LogP) is 3.31. The molecule has 0 bridgehead atoms. The van der Waals surface area contributed by atoms with Crippen LogP contribution in [-0.2, 0) is 17.9 Å².